The number of hydrogen-bond donors (Lipinski definition) is 2. The lowest BCUT2D eigenvalue weighted by molar-refractivity contribution is 0.0314. The lowest BCUT2D eigenvalue weighted by Crippen LogP contribution is -2.44. The first-order valence-corrected chi connectivity index (χ1v) is 8.38. The maximum atomic E-state index is 12.1. The van der Waals surface area contributed by atoms with Gasteiger partial charge in [-0.3, -0.25) is 0 Å². The predicted octanol–water partition coefficient (Wildman–Crippen LogP) is 0.861. The molecule has 2 unspecified atom stereocenters. The van der Waals surface area contributed by atoms with Gasteiger partial charge in [-0.25, -0.2) is 13.1 Å². The summed E-state index contributed by atoms with van der Waals surface area (Å²) in [5, 5.41) is 10.1. The van der Waals surface area contributed by atoms with E-state index in [1.807, 2.05) is 37.3 Å². The van der Waals surface area contributed by atoms with Crippen LogP contribution in [0.2, 0.25) is 0 Å². The lowest BCUT2D eigenvalue weighted by atomic mass is 10.0. The van der Waals surface area contributed by atoms with Crippen LogP contribution in [-0.2, 0) is 14.8 Å². The van der Waals surface area contributed by atoms with Crippen molar-refractivity contribution >= 4 is 10.0 Å². The average Bonchev–Trinajstić information content (AvgIpc) is 2.85. The number of ether oxygens (including phenoxy) is 1. The monoisotopic (exact) mass is 299 g/mol. The van der Waals surface area contributed by atoms with Crippen LogP contribution in [0.3, 0.4) is 0 Å². The second-order valence-corrected chi connectivity index (χ2v) is 7.29. The van der Waals surface area contributed by atoms with Gasteiger partial charge in [-0.2, -0.15) is 0 Å². The molecule has 0 saturated carbocycles. The third-order valence-corrected chi connectivity index (χ3v) is 5.06. The van der Waals surface area contributed by atoms with E-state index in [1.54, 1.807) is 0 Å². The summed E-state index contributed by atoms with van der Waals surface area (Å²) in [6, 6.07) is 9.52. The summed E-state index contributed by atoms with van der Waals surface area (Å²) in [5.74, 6) is -0.0864. The smallest absolute Gasteiger partial charge is 0.212 e. The van der Waals surface area contributed by atoms with Crippen LogP contribution in [0.15, 0.2) is 30.3 Å². The fourth-order valence-electron chi connectivity index (χ4n) is 2.25. The van der Waals surface area contributed by atoms with Gasteiger partial charge in [0.1, 0.15) is 5.60 Å². The molecule has 1 saturated heterocycles. The Hall–Kier alpha value is -0.950. The Balaban J connectivity index is 1.90. The van der Waals surface area contributed by atoms with Gasteiger partial charge in [0.2, 0.25) is 10.0 Å². The molecule has 2 N–H and O–H groups in total. The van der Waals surface area contributed by atoms with E-state index in [2.05, 4.69) is 4.72 Å². The fraction of sp³-hybridized carbons (Fsp3) is 0.571. The van der Waals surface area contributed by atoms with E-state index in [0.717, 1.165) is 5.56 Å². The molecule has 2 atom stereocenters. The van der Waals surface area contributed by atoms with E-state index in [-0.39, 0.29) is 24.8 Å². The predicted molar refractivity (Wildman–Crippen MR) is 77.0 cm³/mol. The minimum atomic E-state index is -3.42. The van der Waals surface area contributed by atoms with Crippen molar-refractivity contribution in [1.29, 1.82) is 0 Å². The zero-order valence-corrected chi connectivity index (χ0v) is 12.4. The Morgan fingerprint density at radius 1 is 1.40 bits per heavy atom. The van der Waals surface area contributed by atoms with Gasteiger partial charge in [0.05, 0.1) is 12.4 Å². The highest BCUT2D eigenvalue weighted by molar-refractivity contribution is 7.89. The molecule has 1 aliphatic rings. The highest BCUT2D eigenvalue weighted by Gasteiger charge is 2.33. The normalized spacial score (nSPS) is 24.7. The zero-order valence-electron chi connectivity index (χ0n) is 11.6. The molecule has 6 heteroatoms. The summed E-state index contributed by atoms with van der Waals surface area (Å²) in [7, 11) is -3.42. The van der Waals surface area contributed by atoms with Crippen molar-refractivity contribution in [3.63, 3.8) is 0 Å². The highest BCUT2D eigenvalue weighted by Crippen LogP contribution is 2.19. The van der Waals surface area contributed by atoms with Gasteiger partial charge >= 0.3 is 0 Å². The summed E-state index contributed by atoms with van der Waals surface area (Å²) < 4.78 is 31.7. The molecular formula is C14H21NO4S. The molecule has 112 valence electrons. The molecule has 2 rings (SSSR count). The molecule has 0 spiro atoms. The van der Waals surface area contributed by atoms with Crippen LogP contribution in [-0.4, -0.2) is 44.6 Å². The third-order valence-electron chi connectivity index (χ3n) is 3.54. The topological polar surface area (TPSA) is 75.6 Å². The van der Waals surface area contributed by atoms with E-state index in [4.69, 9.17) is 4.74 Å². The Bertz CT molecular complexity index is 523. The van der Waals surface area contributed by atoms with Crippen LogP contribution in [0, 0.1) is 0 Å². The molecule has 1 fully saturated rings. The number of rotatable bonds is 6. The van der Waals surface area contributed by atoms with Crippen LogP contribution in [0.1, 0.15) is 24.8 Å². The number of hydrogen-bond acceptors (Lipinski definition) is 4. The quantitative estimate of drug-likeness (QED) is 0.817. The van der Waals surface area contributed by atoms with Gasteiger partial charge < -0.3 is 9.84 Å². The minimum Gasteiger partial charge on any atom is -0.386 e. The molecule has 5 nitrogen and oxygen atoms in total. The summed E-state index contributed by atoms with van der Waals surface area (Å²) in [5.41, 5.74) is -0.0796. The lowest BCUT2D eigenvalue weighted by Gasteiger charge is -2.21. The van der Waals surface area contributed by atoms with E-state index < -0.39 is 15.6 Å². The third kappa shape index (κ3) is 4.28. The van der Waals surface area contributed by atoms with Crippen molar-refractivity contribution in [3.8, 4) is 0 Å². The Morgan fingerprint density at radius 3 is 2.70 bits per heavy atom. The van der Waals surface area contributed by atoms with Crippen molar-refractivity contribution in [2.45, 2.75) is 24.9 Å². The van der Waals surface area contributed by atoms with Gasteiger partial charge in [0.15, 0.2) is 0 Å². The van der Waals surface area contributed by atoms with E-state index >= 15 is 0 Å². The standard InChI is InChI=1S/C14H21NO4S/c1-12(13-5-3-2-4-6-13)9-20(17,18)15-10-14(16)7-8-19-11-14/h2-6,12,15-16H,7-11H2,1H3. The van der Waals surface area contributed by atoms with Crippen molar-refractivity contribution in [2.24, 2.45) is 0 Å². The largest absolute Gasteiger partial charge is 0.386 e. The molecule has 0 aromatic heterocycles. The molecule has 0 aliphatic carbocycles. The Morgan fingerprint density at radius 2 is 2.10 bits per heavy atom. The molecular weight excluding hydrogens is 278 g/mol. The maximum Gasteiger partial charge on any atom is 0.212 e. The van der Waals surface area contributed by atoms with Crippen molar-refractivity contribution in [1.82, 2.24) is 4.72 Å². The summed E-state index contributed by atoms with van der Waals surface area (Å²) in [6.07, 6.45) is 0.462. The van der Waals surface area contributed by atoms with Gasteiger partial charge in [-0.15, -0.1) is 0 Å². The molecule has 1 aromatic carbocycles. The van der Waals surface area contributed by atoms with Crippen LogP contribution >= 0.6 is 0 Å². The summed E-state index contributed by atoms with van der Waals surface area (Å²) >= 11 is 0. The molecule has 0 amide bonds. The number of benzene rings is 1. The number of aliphatic hydroxyl groups is 1. The first-order valence-electron chi connectivity index (χ1n) is 6.73. The molecule has 20 heavy (non-hydrogen) atoms. The van der Waals surface area contributed by atoms with Gasteiger partial charge in [0.25, 0.3) is 0 Å². The molecule has 0 radical (unpaired) electrons. The first-order chi connectivity index (χ1) is 9.40. The van der Waals surface area contributed by atoms with Crippen molar-refractivity contribution in [2.75, 3.05) is 25.5 Å². The van der Waals surface area contributed by atoms with Crippen LogP contribution in [0.25, 0.3) is 0 Å². The Labute approximate surface area is 120 Å². The van der Waals surface area contributed by atoms with Crippen molar-refractivity contribution < 1.29 is 18.3 Å². The van der Waals surface area contributed by atoms with Crippen LogP contribution < -0.4 is 4.72 Å². The maximum absolute atomic E-state index is 12.1. The molecule has 1 aliphatic heterocycles. The first kappa shape index (κ1) is 15.4. The zero-order chi connectivity index (χ0) is 14.6. The van der Waals surface area contributed by atoms with Gasteiger partial charge in [-0.1, -0.05) is 37.3 Å². The highest BCUT2D eigenvalue weighted by atomic mass is 32.2. The van der Waals surface area contributed by atoms with Gasteiger partial charge in [0, 0.05) is 19.6 Å². The number of nitrogens with one attached hydrogen (secondary N) is 1. The second kappa shape index (κ2) is 6.22. The van der Waals surface area contributed by atoms with Crippen LogP contribution in [0.4, 0.5) is 0 Å². The van der Waals surface area contributed by atoms with Crippen LogP contribution in [0.5, 0.6) is 0 Å². The molecule has 1 aromatic rings. The second-order valence-electron chi connectivity index (χ2n) is 5.44. The van der Waals surface area contributed by atoms with Crippen molar-refractivity contribution in [3.05, 3.63) is 35.9 Å². The number of sulfonamides is 1. The Kier molecular flexibility index (Phi) is 4.80. The average molecular weight is 299 g/mol. The SMILES string of the molecule is CC(CS(=O)(=O)NCC1(O)CCOC1)c1ccccc1. The van der Waals surface area contributed by atoms with E-state index in [9.17, 15) is 13.5 Å². The van der Waals surface area contributed by atoms with Gasteiger partial charge in [-0.05, 0) is 11.5 Å². The van der Waals surface area contributed by atoms with E-state index in [0.29, 0.717) is 13.0 Å². The minimum absolute atomic E-state index is 0.00789. The summed E-state index contributed by atoms with van der Waals surface area (Å²) in [4.78, 5) is 0. The van der Waals surface area contributed by atoms with E-state index in [1.165, 1.54) is 0 Å². The fourth-order valence-corrected chi connectivity index (χ4v) is 3.70. The molecule has 1 heterocycles. The molecule has 0 bridgehead atoms. The summed E-state index contributed by atoms with van der Waals surface area (Å²) in [6.45, 7) is 2.54.